The Morgan fingerprint density at radius 1 is 1.18 bits per heavy atom. The summed E-state index contributed by atoms with van der Waals surface area (Å²) in [6.45, 7) is 2.11. The summed E-state index contributed by atoms with van der Waals surface area (Å²) in [6, 6.07) is 7.87. The van der Waals surface area contributed by atoms with E-state index in [-0.39, 0.29) is 0 Å². The molecule has 0 saturated carbocycles. The highest BCUT2D eigenvalue weighted by Gasteiger charge is 2.22. The highest BCUT2D eigenvalue weighted by Crippen LogP contribution is 2.18. The van der Waals surface area contributed by atoms with Crippen LogP contribution in [0.5, 0.6) is 0 Å². The van der Waals surface area contributed by atoms with Gasteiger partial charge in [0, 0.05) is 12.7 Å². The first kappa shape index (κ1) is 11.5. The van der Waals surface area contributed by atoms with Crippen molar-refractivity contribution in [3.63, 3.8) is 0 Å². The van der Waals surface area contributed by atoms with Crippen molar-refractivity contribution in [2.75, 3.05) is 19.4 Å². The van der Waals surface area contributed by atoms with Crippen LogP contribution in [0.25, 0.3) is 0 Å². The van der Waals surface area contributed by atoms with E-state index >= 15 is 0 Å². The number of hydrogen-bond acceptors (Lipinski definition) is 3. The quantitative estimate of drug-likeness (QED) is 0.614. The molecular formula is C13H17N4+. The van der Waals surface area contributed by atoms with Gasteiger partial charge in [-0.1, -0.05) is 0 Å². The van der Waals surface area contributed by atoms with Gasteiger partial charge >= 0.3 is 5.84 Å². The number of amidine groups is 1. The lowest BCUT2D eigenvalue weighted by Crippen LogP contribution is -2.10. The van der Waals surface area contributed by atoms with Crippen LogP contribution in [-0.4, -0.2) is 24.5 Å². The van der Waals surface area contributed by atoms with Gasteiger partial charge in [-0.25, -0.2) is 4.58 Å². The van der Waals surface area contributed by atoms with Crippen LogP contribution in [0.2, 0.25) is 0 Å². The Kier molecular flexibility index (Phi) is 3.32. The molecule has 0 bridgehead atoms. The smallest absolute Gasteiger partial charge is 0.332 e. The molecule has 4 nitrogen and oxygen atoms in total. The van der Waals surface area contributed by atoms with Crippen LogP contribution in [-0.2, 0) is 0 Å². The van der Waals surface area contributed by atoms with Gasteiger partial charge in [0.2, 0.25) is 0 Å². The Labute approximate surface area is 101 Å². The van der Waals surface area contributed by atoms with Gasteiger partial charge in [0.25, 0.3) is 0 Å². The summed E-state index contributed by atoms with van der Waals surface area (Å²) in [4.78, 5) is 0. The van der Waals surface area contributed by atoms with Crippen molar-refractivity contribution >= 4 is 17.2 Å². The molecule has 1 aliphatic heterocycles. The molecule has 0 aromatic heterocycles. The fourth-order valence-corrected chi connectivity index (χ4v) is 1.71. The summed E-state index contributed by atoms with van der Waals surface area (Å²) in [5.41, 5.74) is 1.94. The van der Waals surface area contributed by atoms with Crippen LogP contribution in [0.15, 0.2) is 46.8 Å². The fraction of sp³-hybridized carbons (Fsp3) is 0.308. The Hall–Kier alpha value is -1.97. The molecule has 1 unspecified atom stereocenters. The molecular weight excluding hydrogens is 212 g/mol. The maximum atomic E-state index is 4.30. The number of benzene rings is 1. The van der Waals surface area contributed by atoms with E-state index in [0.29, 0.717) is 5.92 Å². The molecule has 0 fully saturated rings. The Morgan fingerprint density at radius 2 is 1.88 bits per heavy atom. The molecule has 0 radical (unpaired) electrons. The zero-order chi connectivity index (χ0) is 12.3. The van der Waals surface area contributed by atoms with Gasteiger partial charge in [0.1, 0.15) is 5.69 Å². The third-order valence-corrected chi connectivity index (χ3v) is 2.79. The van der Waals surface area contributed by atoms with Crippen LogP contribution >= 0.6 is 0 Å². The summed E-state index contributed by atoms with van der Waals surface area (Å²) in [5, 5.41) is 11.6. The van der Waals surface area contributed by atoms with Crippen molar-refractivity contribution in [2.45, 2.75) is 6.92 Å². The molecule has 4 heteroatoms. The topological polar surface area (TPSA) is 39.8 Å². The van der Waals surface area contributed by atoms with Crippen molar-refractivity contribution in [3.8, 4) is 0 Å². The Morgan fingerprint density at radius 3 is 2.41 bits per heavy atom. The number of rotatable bonds is 2. The van der Waals surface area contributed by atoms with E-state index in [1.165, 1.54) is 0 Å². The third-order valence-electron chi connectivity index (χ3n) is 2.79. The molecule has 1 heterocycles. The van der Waals surface area contributed by atoms with Crippen LogP contribution in [0.4, 0.5) is 11.4 Å². The summed E-state index contributed by atoms with van der Waals surface area (Å²) in [7, 11) is 3.88. The molecule has 17 heavy (non-hydrogen) atoms. The summed E-state index contributed by atoms with van der Waals surface area (Å²) < 4.78 is 2.00. The molecule has 88 valence electrons. The Bertz CT molecular complexity index is 483. The first-order chi connectivity index (χ1) is 8.20. The van der Waals surface area contributed by atoms with Gasteiger partial charge in [-0.15, -0.1) is 0 Å². The highest BCUT2D eigenvalue weighted by atomic mass is 15.2. The lowest BCUT2D eigenvalue weighted by molar-refractivity contribution is -0.420. The standard InChI is InChI=1S/C13H16N4/c1-10-8-9-17(3)13(10)16-15-12-6-4-11(14-2)5-7-12/h4-10H,1-3H3/p+1. The van der Waals surface area contributed by atoms with E-state index < -0.39 is 0 Å². The number of nitrogens with one attached hydrogen (secondary N) is 1. The van der Waals surface area contributed by atoms with E-state index in [2.05, 4.69) is 28.5 Å². The van der Waals surface area contributed by atoms with Gasteiger partial charge < -0.3 is 5.32 Å². The molecule has 0 saturated heterocycles. The van der Waals surface area contributed by atoms with E-state index in [1.54, 1.807) is 0 Å². The minimum Gasteiger partial charge on any atom is -0.388 e. The molecule has 1 aromatic rings. The second-order valence-electron chi connectivity index (χ2n) is 4.10. The zero-order valence-electron chi connectivity index (χ0n) is 10.4. The summed E-state index contributed by atoms with van der Waals surface area (Å²) in [5.74, 6) is 1.31. The maximum absolute atomic E-state index is 4.30. The molecule has 1 N–H and O–H groups in total. The van der Waals surface area contributed by atoms with Crippen molar-refractivity contribution in [1.82, 2.24) is 0 Å². The SMILES string of the molecule is CNc1ccc(N=NC2=[N+](C)C=CC2C)cc1. The lowest BCUT2D eigenvalue weighted by Gasteiger charge is -1.97. The number of anilines is 1. The van der Waals surface area contributed by atoms with Crippen molar-refractivity contribution < 1.29 is 4.58 Å². The molecule has 1 aromatic carbocycles. The molecule has 2 rings (SSSR count). The van der Waals surface area contributed by atoms with E-state index in [0.717, 1.165) is 17.2 Å². The van der Waals surface area contributed by atoms with E-state index in [4.69, 9.17) is 0 Å². The minimum atomic E-state index is 0.334. The third kappa shape index (κ3) is 2.58. The second kappa shape index (κ2) is 4.91. The molecule has 0 amide bonds. The van der Waals surface area contributed by atoms with Gasteiger partial charge in [-0.2, -0.15) is 0 Å². The normalized spacial score (nSPS) is 19.4. The van der Waals surface area contributed by atoms with Crippen LogP contribution in [0.1, 0.15) is 6.92 Å². The van der Waals surface area contributed by atoms with Crippen LogP contribution < -0.4 is 5.32 Å². The van der Waals surface area contributed by atoms with E-state index in [1.807, 2.05) is 49.1 Å². The minimum absolute atomic E-state index is 0.334. The number of azo groups is 1. The van der Waals surface area contributed by atoms with Gasteiger partial charge in [-0.05, 0) is 42.4 Å². The molecule has 0 spiro atoms. The van der Waals surface area contributed by atoms with Gasteiger partial charge in [0.05, 0.1) is 24.3 Å². The average Bonchev–Trinajstić information content (AvgIpc) is 2.67. The van der Waals surface area contributed by atoms with E-state index in [9.17, 15) is 0 Å². The summed E-state index contributed by atoms with van der Waals surface area (Å²) >= 11 is 0. The first-order valence-corrected chi connectivity index (χ1v) is 5.68. The molecule has 1 atom stereocenters. The van der Waals surface area contributed by atoms with Crippen molar-refractivity contribution in [2.24, 2.45) is 16.1 Å². The maximum Gasteiger partial charge on any atom is 0.332 e. The highest BCUT2D eigenvalue weighted by molar-refractivity contribution is 5.83. The van der Waals surface area contributed by atoms with Gasteiger partial charge in [-0.3, -0.25) is 0 Å². The first-order valence-electron chi connectivity index (χ1n) is 5.68. The molecule has 1 aliphatic rings. The largest absolute Gasteiger partial charge is 0.388 e. The van der Waals surface area contributed by atoms with Crippen LogP contribution in [0, 0.1) is 5.92 Å². The monoisotopic (exact) mass is 229 g/mol. The number of nitrogens with zero attached hydrogens (tertiary/aromatic N) is 3. The average molecular weight is 229 g/mol. The van der Waals surface area contributed by atoms with Gasteiger partial charge in [0.15, 0.2) is 0 Å². The second-order valence-corrected chi connectivity index (χ2v) is 4.10. The zero-order valence-corrected chi connectivity index (χ0v) is 10.4. The molecule has 0 aliphatic carbocycles. The number of hydrogen-bond donors (Lipinski definition) is 1. The van der Waals surface area contributed by atoms with Crippen molar-refractivity contribution in [3.05, 3.63) is 36.5 Å². The fourth-order valence-electron chi connectivity index (χ4n) is 1.71. The predicted molar refractivity (Wildman–Crippen MR) is 70.0 cm³/mol. The summed E-state index contributed by atoms with van der Waals surface area (Å²) in [6.07, 6.45) is 4.13. The van der Waals surface area contributed by atoms with Crippen molar-refractivity contribution in [1.29, 1.82) is 0 Å². The van der Waals surface area contributed by atoms with Crippen LogP contribution in [0.3, 0.4) is 0 Å². The lowest BCUT2D eigenvalue weighted by atomic mass is 10.2. The Balaban J connectivity index is 2.13. The predicted octanol–water partition coefficient (Wildman–Crippen LogP) is 3.02.